The van der Waals surface area contributed by atoms with Gasteiger partial charge in [-0.2, -0.15) is 0 Å². The number of carboxylic acid groups (broad SMARTS) is 1. The van der Waals surface area contributed by atoms with Gasteiger partial charge in [0, 0.05) is 0 Å². The molecule has 2 rings (SSSR count). The molecule has 98 valence electrons. The first-order valence-electron chi connectivity index (χ1n) is 6.27. The highest BCUT2D eigenvalue weighted by Gasteiger charge is 2.19. The van der Waals surface area contributed by atoms with Crippen LogP contribution >= 0.6 is 0 Å². The lowest BCUT2D eigenvalue weighted by Crippen LogP contribution is -2.37. The van der Waals surface area contributed by atoms with Gasteiger partial charge in [0.15, 0.2) is 0 Å². The van der Waals surface area contributed by atoms with Crippen LogP contribution in [0.25, 0.3) is 0 Å². The SMILES string of the molecule is CC(NC(c1ccccc1)c1ccccc1)C(=O)O. The van der Waals surface area contributed by atoms with Crippen molar-refractivity contribution >= 4 is 5.97 Å². The van der Waals surface area contributed by atoms with E-state index in [-0.39, 0.29) is 6.04 Å². The Morgan fingerprint density at radius 3 is 1.74 bits per heavy atom. The lowest BCUT2D eigenvalue weighted by atomic mass is 9.98. The average Bonchev–Trinajstić information content (AvgIpc) is 2.46. The second-order valence-corrected chi connectivity index (χ2v) is 4.48. The summed E-state index contributed by atoms with van der Waals surface area (Å²) in [5.74, 6) is -0.850. The molecule has 0 aliphatic carbocycles. The Labute approximate surface area is 112 Å². The molecule has 2 aromatic rings. The quantitative estimate of drug-likeness (QED) is 0.863. The van der Waals surface area contributed by atoms with E-state index in [1.807, 2.05) is 60.7 Å². The molecule has 1 unspecified atom stereocenters. The number of carboxylic acids is 1. The fourth-order valence-electron chi connectivity index (χ4n) is 2.00. The van der Waals surface area contributed by atoms with Gasteiger partial charge in [0.2, 0.25) is 0 Å². The Hall–Kier alpha value is -2.13. The lowest BCUT2D eigenvalue weighted by Gasteiger charge is -2.22. The van der Waals surface area contributed by atoms with E-state index in [2.05, 4.69) is 5.32 Å². The second kappa shape index (κ2) is 6.16. The fraction of sp³-hybridized carbons (Fsp3) is 0.188. The van der Waals surface area contributed by atoms with Crippen molar-refractivity contribution in [2.75, 3.05) is 0 Å². The number of carbonyl (C=O) groups is 1. The van der Waals surface area contributed by atoms with E-state index in [9.17, 15) is 4.79 Å². The molecule has 0 spiro atoms. The summed E-state index contributed by atoms with van der Waals surface area (Å²) < 4.78 is 0. The van der Waals surface area contributed by atoms with Gasteiger partial charge in [0.25, 0.3) is 0 Å². The van der Waals surface area contributed by atoms with Gasteiger partial charge in [0.05, 0.1) is 6.04 Å². The summed E-state index contributed by atoms with van der Waals surface area (Å²) in [6.07, 6.45) is 0. The van der Waals surface area contributed by atoms with Crippen LogP contribution in [0.5, 0.6) is 0 Å². The van der Waals surface area contributed by atoms with Gasteiger partial charge in [-0.25, -0.2) is 0 Å². The van der Waals surface area contributed by atoms with Crippen LogP contribution in [0.4, 0.5) is 0 Å². The van der Waals surface area contributed by atoms with Crippen LogP contribution in [-0.2, 0) is 4.79 Å². The van der Waals surface area contributed by atoms with Crippen LogP contribution in [0.1, 0.15) is 24.1 Å². The smallest absolute Gasteiger partial charge is 0.320 e. The first-order valence-corrected chi connectivity index (χ1v) is 6.27. The van der Waals surface area contributed by atoms with Gasteiger partial charge < -0.3 is 5.11 Å². The Balaban J connectivity index is 2.32. The third-order valence-corrected chi connectivity index (χ3v) is 3.05. The predicted molar refractivity (Wildman–Crippen MR) is 75.0 cm³/mol. The summed E-state index contributed by atoms with van der Waals surface area (Å²) in [7, 11) is 0. The Morgan fingerprint density at radius 2 is 1.37 bits per heavy atom. The molecular formula is C16H17NO2. The highest BCUT2D eigenvalue weighted by atomic mass is 16.4. The number of nitrogens with one attached hydrogen (secondary N) is 1. The van der Waals surface area contributed by atoms with Crippen molar-refractivity contribution in [2.24, 2.45) is 0 Å². The van der Waals surface area contributed by atoms with Crippen LogP contribution in [0.3, 0.4) is 0 Å². The fourth-order valence-corrected chi connectivity index (χ4v) is 2.00. The van der Waals surface area contributed by atoms with Gasteiger partial charge in [-0.1, -0.05) is 60.7 Å². The minimum absolute atomic E-state index is 0.117. The topological polar surface area (TPSA) is 49.3 Å². The molecule has 2 aromatic carbocycles. The molecule has 19 heavy (non-hydrogen) atoms. The maximum atomic E-state index is 11.0. The molecule has 0 aliphatic rings. The van der Waals surface area contributed by atoms with Gasteiger partial charge in [0.1, 0.15) is 6.04 Å². The summed E-state index contributed by atoms with van der Waals surface area (Å²) in [5, 5.41) is 12.2. The van der Waals surface area contributed by atoms with E-state index in [4.69, 9.17) is 5.11 Å². The third kappa shape index (κ3) is 3.42. The molecule has 0 heterocycles. The Bertz CT molecular complexity index is 485. The van der Waals surface area contributed by atoms with Gasteiger partial charge >= 0.3 is 5.97 Å². The zero-order valence-corrected chi connectivity index (χ0v) is 10.8. The van der Waals surface area contributed by atoms with Crippen molar-refractivity contribution in [1.82, 2.24) is 5.32 Å². The standard InChI is InChI=1S/C16H17NO2/c1-12(16(18)19)17-15(13-8-4-2-5-9-13)14-10-6-3-7-11-14/h2-12,15,17H,1H3,(H,18,19). The molecule has 3 heteroatoms. The van der Waals surface area contributed by atoms with Crippen molar-refractivity contribution in [3.63, 3.8) is 0 Å². The maximum Gasteiger partial charge on any atom is 0.320 e. The van der Waals surface area contributed by atoms with Crippen molar-refractivity contribution in [3.8, 4) is 0 Å². The largest absolute Gasteiger partial charge is 0.480 e. The number of benzene rings is 2. The molecule has 0 saturated heterocycles. The number of hydrogen-bond acceptors (Lipinski definition) is 2. The third-order valence-electron chi connectivity index (χ3n) is 3.05. The minimum atomic E-state index is -0.850. The van der Waals surface area contributed by atoms with E-state index in [0.717, 1.165) is 11.1 Å². The minimum Gasteiger partial charge on any atom is -0.480 e. The molecule has 1 atom stereocenters. The van der Waals surface area contributed by atoms with E-state index >= 15 is 0 Å². The zero-order valence-electron chi connectivity index (χ0n) is 10.8. The summed E-state index contributed by atoms with van der Waals surface area (Å²) in [6.45, 7) is 1.65. The molecular weight excluding hydrogens is 238 g/mol. The van der Waals surface area contributed by atoms with Crippen LogP contribution in [-0.4, -0.2) is 17.1 Å². The maximum absolute atomic E-state index is 11.0. The second-order valence-electron chi connectivity index (χ2n) is 4.48. The predicted octanol–water partition coefficient (Wildman–Crippen LogP) is 2.84. The van der Waals surface area contributed by atoms with Crippen molar-refractivity contribution in [1.29, 1.82) is 0 Å². The highest BCUT2D eigenvalue weighted by Crippen LogP contribution is 2.22. The molecule has 3 nitrogen and oxygen atoms in total. The number of aliphatic carboxylic acids is 1. The van der Waals surface area contributed by atoms with Crippen LogP contribution in [0.2, 0.25) is 0 Å². The first-order chi connectivity index (χ1) is 9.18. The van der Waals surface area contributed by atoms with Gasteiger partial charge in [-0.05, 0) is 18.1 Å². The summed E-state index contributed by atoms with van der Waals surface area (Å²) in [6, 6.07) is 19.0. The van der Waals surface area contributed by atoms with Crippen molar-refractivity contribution in [2.45, 2.75) is 19.0 Å². The zero-order chi connectivity index (χ0) is 13.7. The monoisotopic (exact) mass is 255 g/mol. The lowest BCUT2D eigenvalue weighted by molar-refractivity contribution is -0.139. The molecule has 2 N–H and O–H groups in total. The normalized spacial score (nSPS) is 12.3. The molecule has 0 radical (unpaired) electrons. The van der Waals surface area contributed by atoms with E-state index in [0.29, 0.717) is 0 Å². The van der Waals surface area contributed by atoms with Crippen LogP contribution in [0, 0.1) is 0 Å². The summed E-state index contributed by atoms with van der Waals surface area (Å²) in [4.78, 5) is 11.0. The van der Waals surface area contributed by atoms with Crippen molar-refractivity contribution in [3.05, 3.63) is 71.8 Å². The number of hydrogen-bond donors (Lipinski definition) is 2. The van der Waals surface area contributed by atoms with E-state index < -0.39 is 12.0 Å². The molecule has 0 fully saturated rings. The summed E-state index contributed by atoms with van der Waals surface area (Å²) in [5.41, 5.74) is 2.11. The average molecular weight is 255 g/mol. The molecule has 0 saturated carbocycles. The van der Waals surface area contributed by atoms with Gasteiger partial charge in [-0.15, -0.1) is 0 Å². The van der Waals surface area contributed by atoms with Crippen molar-refractivity contribution < 1.29 is 9.90 Å². The van der Waals surface area contributed by atoms with Gasteiger partial charge in [-0.3, -0.25) is 10.1 Å². The first kappa shape index (κ1) is 13.3. The molecule has 0 aromatic heterocycles. The summed E-state index contributed by atoms with van der Waals surface area (Å²) >= 11 is 0. The Morgan fingerprint density at radius 1 is 0.947 bits per heavy atom. The Kier molecular flexibility index (Phi) is 4.31. The van der Waals surface area contributed by atoms with E-state index in [1.165, 1.54) is 0 Å². The molecule has 0 amide bonds. The highest BCUT2D eigenvalue weighted by molar-refractivity contribution is 5.73. The molecule has 0 bridgehead atoms. The van der Waals surface area contributed by atoms with Crippen LogP contribution < -0.4 is 5.32 Å². The van der Waals surface area contributed by atoms with E-state index in [1.54, 1.807) is 6.92 Å². The number of rotatable bonds is 5. The molecule has 0 aliphatic heterocycles. The van der Waals surface area contributed by atoms with Crippen LogP contribution in [0.15, 0.2) is 60.7 Å².